The van der Waals surface area contributed by atoms with E-state index in [1.165, 1.54) is 12.8 Å². The topological polar surface area (TPSA) is 76.0 Å². The SMILES string of the molecule is Cn1ccc(NS(=O)(=O)c2ccccc2CNC2CC2)n1. The third-order valence-corrected chi connectivity index (χ3v) is 4.83. The third kappa shape index (κ3) is 3.43. The van der Waals surface area contributed by atoms with Crippen molar-refractivity contribution in [1.82, 2.24) is 15.1 Å². The summed E-state index contributed by atoms with van der Waals surface area (Å²) in [6, 6.07) is 9.20. The van der Waals surface area contributed by atoms with Crippen molar-refractivity contribution in [3.05, 3.63) is 42.1 Å². The first-order valence-corrected chi connectivity index (χ1v) is 8.37. The molecule has 2 N–H and O–H groups in total. The fourth-order valence-corrected chi connectivity index (χ4v) is 3.35. The van der Waals surface area contributed by atoms with E-state index in [9.17, 15) is 8.42 Å². The first-order chi connectivity index (χ1) is 10.0. The lowest BCUT2D eigenvalue weighted by Crippen LogP contribution is -2.20. The van der Waals surface area contributed by atoms with Crippen LogP contribution in [0.1, 0.15) is 18.4 Å². The summed E-state index contributed by atoms with van der Waals surface area (Å²) >= 11 is 0. The highest BCUT2D eigenvalue weighted by molar-refractivity contribution is 7.92. The normalized spacial score (nSPS) is 15.1. The fraction of sp³-hybridized carbons (Fsp3) is 0.357. The van der Waals surface area contributed by atoms with Crippen LogP contribution in [0.4, 0.5) is 5.82 Å². The van der Waals surface area contributed by atoms with Gasteiger partial charge in [-0.15, -0.1) is 0 Å². The molecule has 1 saturated carbocycles. The summed E-state index contributed by atoms with van der Waals surface area (Å²) < 4.78 is 29.1. The molecule has 1 fully saturated rings. The predicted octanol–water partition coefficient (Wildman–Crippen LogP) is 1.47. The minimum absolute atomic E-state index is 0.295. The second-order valence-corrected chi connectivity index (χ2v) is 6.89. The van der Waals surface area contributed by atoms with Gasteiger partial charge in [-0.05, 0) is 24.5 Å². The Hall–Kier alpha value is -1.86. The van der Waals surface area contributed by atoms with Crippen LogP contribution in [-0.4, -0.2) is 24.2 Å². The Balaban J connectivity index is 1.83. The molecule has 7 heteroatoms. The summed E-state index contributed by atoms with van der Waals surface area (Å²) in [7, 11) is -1.88. The van der Waals surface area contributed by atoms with Crippen molar-refractivity contribution < 1.29 is 8.42 Å². The van der Waals surface area contributed by atoms with Crippen LogP contribution in [0.3, 0.4) is 0 Å². The minimum Gasteiger partial charge on any atom is -0.310 e. The highest BCUT2D eigenvalue weighted by atomic mass is 32.2. The van der Waals surface area contributed by atoms with Gasteiger partial charge in [0, 0.05) is 31.9 Å². The van der Waals surface area contributed by atoms with Gasteiger partial charge in [0.15, 0.2) is 5.82 Å². The van der Waals surface area contributed by atoms with E-state index in [-0.39, 0.29) is 0 Å². The molecule has 0 spiro atoms. The summed E-state index contributed by atoms with van der Waals surface area (Å²) in [6.07, 6.45) is 4.03. The van der Waals surface area contributed by atoms with E-state index >= 15 is 0 Å². The largest absolute Gasteiger partial charge is 0.310 e. The summed E-state index contributed by atoms with van der Waals surface area (Å²) in [5.41, 5.74) is 0.771. The molecule has 21 heavy (non-hydrogen) atoms. The molecule has 1 aromatic heterocycles. The van der Waals surface area contributed by atoms with E-state index in [1.807, 2.05) is 12.1 Å². The molecule has 0 unspecified atom stereocenters. The number of benzene rings is 1. The van der Waals surface area contributed by atoms with Crippen molar-refractivity contribution in [2.75, 3.05) is 4.72 Å². The lowest BCUT2D eigenvalue weighted by atomic mass is 10.2. The zero-order valence-corrected chi connectivity index (χ0v) is 12.6. The van der Waals surface area contributed by atoms with Crippen LogP contribution in [0.25, 0.3) is 0 Å². The molecule has 1 aromatic carbocycles. The minimum atomic E-state index is -3.62. The number of anilines is 1. The molecule has 3 rings (SSSR count). The highest BCUT2D eigenvalue weighted by Crippen LogP contribution is 2.22. The molecule has 0 atom stereocenters. The number of hydrogen-bond acceptors (Lipinski definition) is 4. The number of sulfonamides is 1. The Morgan fingerprint density at radius 2 is 2.05 bits per heavy atom. The number of rotatable bonds is 6. The number of aromatic nitrogens is 2. The van der Waals surface area contributed by atoms with Crippen molar-refractivity contribution in [3.63, 3.8) is 0 Å². The van der Waals surface area contributed by atoms with Gasteiger partial charge >= 0.3 is 0 Å². The van der Waals surface area contributed by atoms with Gasteiger partial charge < -0.3 is 5.32 Å². The quantitative estimate of drug-likeness (QED) is 0.847. The monoisotopic (exact) mass is 306 g/mol. The maximum absolute atomic E-state index is 12.5. The van der Waals surface area contributed by atoms with Crippen molar-refractivity contribution >= 4 is 15.8 Å². The van der Waals surface area contributed by atoms with Crippen LogP contribution < -0.4 is 10.0 Å². The van der Waals surface area contributed by atoms with Gasteiger partial charge in [-0.2, -0.15) is 5.10 Å². The molecule has 1 aliphatic carbocycles. The van der Waals surface area contributed by atoms with Crippen molar-refractivity contribution in [1.29, 1.82) is 0 Å². The fourth-order valence-electron chi connectivity index (χ4n) is 2.12. The first kappa shape index (κ1) is 14.1. The van der Waals surface area contributed by atoms with Gasteiger partial charge in [-0.25, -0.2) is 8.42 Å². The first-order valence-electron chi connectivity index (χ1n) is 6.88. The summed E-state index contributed by atoms with van der Waals surface area (Å²) in [4.78, 5) is 0.295. The van der Waals surface area contributed by atoms with Gasteiger partial charge in [-0.3, -0.25) is 9.40 Å². The Bertz CT molecular complexity index is 735. The van der Waals surface area contributed by atoms with E-state index in [0.29, 0.717) is 23.3 Å². The van der Waals surface area contributed by atoms with E-state index in [2.05, 4.69) is 15.1 Å². The van der Waals surface area contributed by atoms with Crippen molar-refractivity contribution in [2.45, 2.75) is 30.3 Å². The molecule has 0 saturated heterocycles. The second kappa shape index (κ2) is 5.50. The van der Waals surface area contributed by atoms with Gasteiger partial charge in [-0.1, -0.05) is 18.2 Å². The number of nitrogens with zero attached hydrogens (tertiary/aromatic N) is 2. The number of nitrogens with one attached hydrogen (secondary N) is 2. The average Bonchev–Trinajstić information content (AvgIpc) is 3.19. The van der Waals surface area contributed by atoms with Gasteiger partial charge in [0.05, 0.1) is 4.90 Å². The summed E-state index contributed by atoms with van der Waals surface area (Å²) in [6.45, 7) is 0.559. The molecular formula is C14H18N4O2S. The summed E-state index contributed by atoms with van der Waals surface area (Å²) in [5.74, 6) is 0.322. The molecule has 112 valence electrons. The van der Waals surface area contributed by atoms with Crippen LogP contribution in [-0.2, 0) is 23.6 Å². The van der Waals surface area contributed by atoms with Crippen LogP contribution >= 0.6 is 0 Å². The van der Waals surface area contributed by atoms with Gasteiger partial charge in [0.1, 0.15) is 0 Å². The smallest absolute Gasteiger partial charge is 0.263 e. The summed E-state index contributed by atoms with van der Waals surface area (Å²) in [5, 5.41) is 7.39. The van der Waals surface area contributed by atoms with E-state index in [4.69, 9.17) is 0 Å². The van der Waals surface area contributed by atoms with E-state index in [1.54, 1.807) is 36.1 Å². The molecule has 2 aromatic rings. The standard InChI is InChI=1S/C14H18N4O2S/c1-18-9-8-14(16-18)17-21(19,20)13-5-3-2-4-11(13)10-15-12-6-7-12/h2-5,8-9,12,15H,6-7,10H2,1H3,(H,16,17). The Labute approximate surface area is 124 Å². The third-order valence-electron chi connectivity index (χ3n) is 3.37. The average molecular weight is 306 g/mol. The molecule has 0 amide bonds. The molecule has 0 bridgehead atoms. The van der Waals surface area contributed by atoms with Crippen LogP contribution in [0.15, 0.2) is 41.4 Å². The zero-order valence-electron chi connectivity index (χ0n) is 11.8. The maximum Gasteiger partial charge on any atom is 0.263 e. The zero-order chi connectivity index (χ0) is 14.9. The lowest BCUT2D eigenvalue weighted by Gasteiger charge is -2.11. The van der Waals surface area contributed by atoms with E-state index in [0.717, 1.165) is 5.56 Å². The van der Waals surface area contributed by atoms with Crippen LogP contribution in [0.5, 0.6) is 0 Å². The molecule has 0 radical (unpaired) electrons. The molecule has 1 heterocycles. The lowest BCUT2D eigenvalue weighted by molar-refractivity contribution is 0.597. The van der Waals surface area contributed by atoms with Gasteiger partial charge in [0.25, 0.3) is 10.0 Å². The van der Waals surface area contributed by atoms with Crippen molar-refractivity contribution in [3.8, 4) is 0 Å². The highest BCUT2D eigenvalue weighted by Gasteiger charge is 2.23. The Morgan fingerprint density at radius 3 is 2.71 bits per heavy atom. The molecule has 0 aliphatic heterocycles. The van der Waals surface area contributed by atoms with Crippen LogP contribution in [0.2, 0.25) is 0 Å². The molecule has 1 aliphatic rings. The molecular weight excluding hydrogens is 288 g/mol. The predicted molar refractivity (Wildman–Crippen MR) is 80.3 cm³/mol. The number of aryl methyl sites for hydroxylation is 1. The number of hydrogen-bond donors (Lipinski definition) is 2. The Morgan fingerprint density at radius 1 is 1.29 bits per heavy atom. The van der Waals surface area contributed by atoms with E-state index < -0.39 is 10.0 Å². The molecule has 6 nitrogen and oxygen atoms in total. The second-order valence-electron chi connectivity index (χ2n) is 5.24. The maximum atomic E-state index is 12.5. The van der Waals surface area contributed by atoms with Gasteiger partial charge in [0.2, 0.25) is 0 Å². The van der Waals surface area contributed by atoms with Crippen molar-refractivity contribution in [2.24, 2.45) is 7.05 Å². The van der Waals surface area contributed by atoms with Crippen LogP contribution in [0, 0.1) is 0 Å². The Kier molecular flexibility index (Phi) is 3.69.